The third kappa shape index (κ3) is 3.97. The summed E-state index contributed by atoms with van der Waals surface area (Å²) in [5.74, 6) is 0.349. The average Bonchev–Trinajstić information content (AvgIpc) is 3.53. The van der Waals surface area contributed by atoms with E-state index in [0.717, 1.165) is 0 Å². The number of anilines is 2. The molecule has 0 spiro atoms. The minimum Gasteiger partial charge on any atom is -0.315 e. The number of benzene rings is 1. The van der Waals surface area contributed by atoms with Gasteiger partial charge in [-0.25, -0.2) is 31.4 Å². The van der Waals surface area contributed by atoms with Gasteiger partial charge in [0, 0.05) is 25.7 Å². The Morgan fingerprint density at radius 3 is 2.73 bits per heavy atom. The molecular formula is C16H21N11O4S2. The van der Waals surface area contributed by atoms with Crippen LogP contribution in [0.25, 0.3) is 11.4 Å². The molecule has 1 saturated heterocycles. The molecule has 0 radical (unpaired) electrons. The minimum absolute atomic E-state index is 0.0879. The number of hydrogen-bond acceptors (Lipinski definition) is 11. The van der Waals surface area contributed by atoms with Crippen molar-refractivity contribution in [3.63, 3.8) is 0 Å². The van der Waals surface area contributed by atoms with E-state index in [1.54, 1.807) is 9.58 Å². The summed E-state index contributed by atoms with van der Waals surface area (Å²) in [5.41, 5.74) is 0.228. The molecule has 176 valence electrons. The van der Waals surface area contributed by atoms with Crippen molar-refractivity contribution in [1.29, 1.82) is 0 Å². The first-order chi connectivity index (χ1) is 15.8. The number of nitrogens with two attached hydrogens (primary N) is 1. The van der Waals surface area contributed by atoms with Crippen LogP contribution in [0.4, 0.5) is 11.6 Å². The minimum atomic E-state index is -4.56. The number of aromatic amines is 1. The van der Waals surface area contributed by atoms with E-state index in [1.807, 2.05) is 0 Å². The van der Waals surface area contributed by atoms with E-state index in [9.17, 15) is 16.8 Å². The van der Waals surface area contributed by atoms with Gasteiger partial charge in [-0.1, -0.05) is 0 Å². The molecule has 3 aromatic rings. The van der Waals surface area contributed by atoms with Crippen molar-refractivity contribution in [1.82, 2.24) is 45.4 Å². The van der Waals surface area contributed by atoms with Gasteiger partial charge in [-0.2, -0.15) is 15.3 Å². The fraction of sp³-hybridized carbons (Fsp3) is 0.438. The lowest BCUT2D eigenvalue weighted by atomic mass is 10.1. The number of hydrogen-bond donors (Lipinski definition) is 4. The first-order valence-electron chi connectivity index (χ1n) is 10.1. The maximum Gasteiger partial charge on any atom is 0.242 e. The molecule has 33 heavy (non-hydrogen) atoms. The van der Waals surface area contributed by atoms with Crippen molar-refractivity contribution in [2.24, 2.45) is 5.14 Å². The highest BCUT2D eigenvalue weighted by Gasteiger charge is 2.35. The molecule has 2 aromatic heterocycles. The van der Waals surface area contributed by atoms with Crippen molar-refractivity contribution in [3.8, 4) is 11.4 Å². The van der Waals surface area contributed by atoms with E-state index >= 15 is 0 Å². The van der Waals surface area contributed by atoms with Crippen LogP contribution in [0.5, 0.6) is 0 Å². The number of sulfonamides is 2. The molecule has 15 nitrogen and oxygen atoms in total. The predicted octanol–water partition coefficient (Wildman–Crippen LogP) is -1.71. The zero-order valence-electron chi connectivity index (χ0n) is 17.2. The summed E-state index contributed by atoms with van der Waals surface area (Å²) >= 11 is 0. The van der Waals surface area contributed by atoms with E-state index in [-0.39, 0.29) is 17.4 Å². The second kappa shape index (κ2) is 8.10. The number of nitrogens with one attached hydrogen (secondary N) is 3. The SMILES string of the molecule is NS(=O)(=O)c1c(S(=O)(=O)NC2CCNC2)ccc(N2CCCn3ncnc32)c1-c1nn[nH]n1. The van der Waals surface area contributed by atoms with Crippen molar-refractivity contribution >= 4 is 31.7 Å². The van der Waals surface area contributed by atoms with Crippen molar-refractivity contribution in [2.75, 3.05) is 24.5 Å². The van der Waals surface area contributed by atoms with E-state index in [2.05, 4.69) is 40.7 Å². The molecule has 2 aliphatic heterocycles. The van der Waals surface area contributed by atoms with E-state index in [1.165, 1.54) is 18.5 Å². The van der Waals surface area contributed by atoms with Crippen LogP contribution in [-0.4, -0.2) is 77.9 Å². The van der Waals surface area contributed by atoms with Crippen molar-refractivity contribution < 1.29 is 16.8 Å². The lowest BCUT2D eigenvalue weighted by molar-refractivity contribution is 0.538. The summed E-state index contributed by atoms with van der Waals surface area (Å²) < 4.78 is 56.4. The Morgan fingerprint density at radius 1 is 1.18 bits per heavy atom. The molecular weight excluding hydrogens is 474 g/mol. The molecule has 1 fully saturated rings. The zero-order chi connectivity index (χ0) is 23.2. The number of aryl methyl sites for hydroxylation is 1. The molecule has 0 bridgehead atoms. The van der Waals surface area contributed by atoms with Crippen LogP contribution in [0.1, 0.15) is 12.8 Å². The lowest BCUT2D eigenvalue weighted by Crippen LogP contribution is -2.37. The molecule has 0 amide bonds. The molecule has 1 aromatic carbocycles. The first-order valence-corrected chi connectivity index (χ1v) is 13.1. The van der Waals surface area contributed by atoms with Gasteiger partial charge in [0.1, 0.15) is 16.1 Å². The third-order valence-electron chi connectivity index (χ3n) is 5.50. The van der Waals surface area contributed by atoms with Gasteiger partial charge in [0.05, 0.1) is 11.3 Å². The molecule has 1 unspecified atom stereocenters. The van der Waals surface area contributed by atoms with Gasteiger partial charge in [-0.05, 0) is 36.7 Å². The number of nitrogens with zero attached hydrogens (tertiary/aromatic N) is 7. The maximum atomic E-state index is 13.3. The molecule has 2 aliphatic rings. The van der Waals surface area contributed by atoms with Gasteiger partial charge in [0.15, 0.2) is 0 Å². The number of H-pyrrole nitrogens is 1. The van der Waals surface area contributed by atoms with E-state index < -0.39 is 29.8 Å². The molecule has 5 rings (SSSR count). The molecule has 4 heterocycles. The number of aromatic nitrogens is 7. The summed E-state index contributed by atoms with van der Waals surface area (Å²) in [5, 5.41) is 26.4. The number of fused-ring (bicyclic) bond motifs is 1. The zero-order valence-corrected chi connectivity index (χ0v) is 18.8. The largest absolute Gasteiger partial charge is 0.315 e. The fourth-order valence-corrected chi connectivity index (χ4v) is 6.99. The fourth-order valence-electron chi connectivity index (χ4n) is 4.13. The van der Waals surface area contributed by atoms with Gasteiger partial charge < -0.3 is 10.2 Å². The molecule has 17 heteroatoms. The highest BCUT2D eigenvalue weighted by Crippen LogP contribution is 2.41. The highest BCUT2D eigenvalue weighted by molar-refractivity contribution is 7.92. The molecule has 0 aliphatic carbocycles. The number of rotatable bonds is 6. The van der Waals surface area contributed by atoms with E-state index in [0.29, 0.717) is 50.7 Å². The number of tetrazole rings is 1. The van der Waals surface area contributed by atoms with Crippen LogP contribution in [0.15, 0.2) is 28.3 Å². The Morgan fingerprint density at radius 2 is 2.03 bits per heavy atom. The summed E-state index contributed by atoms with van der Waals surface area (Å²) in [6, 6.07) is 2.34. The van der Waals surface area contributed by atoms with Gasteiger partial charge in [0.2, 0.25) is 31.8 Å². The quantitative estimate of drug-likeness (QED) is 0.303. The second-order valence-corrected chi connectivity index (χ2v) is 10.8. The Balaban J connectivity index is 1.75. The maximum absolute atomic E-state index is 13.3. The van der Waals surface area contributed by atoms with Crippen LogP contribution in [0.3, 0.4) is 0 Å². The van der Waals surface area contributed by atoms with Crippen molar-refractivity contribution in [3.05, 3.63) is 18.5 Å². The van der Waals surface area contributed by atoms with Crippen molar-refractivity contribution in [2.45, 2.75) is 35.2 Å². The second-order valence-electron chi connectivity index (χ2n) is 7.67. The molecule has 1 atom stereocenters. The van der Waals surface area contributed by atoms with Gasteiger partial charge in [0.25, 0.3) is 0 Å². The van der Waals surface area contributed by atoms with Crippen LogP contribution in [0.2, 0.25) is 0 Å². The Labute approximate surface area is 188 Å². The summed E-state index contributed by atoms with van der Waals surface area (Å²) in [6.45, 7) is 2.20. The van der Waals surface area contributed by atoms with Gasteiger partial charge >= 0.3 is 0 Å². The third-order valence-corrected chi connectivity index (χ3v) is 8.19. The summed E-state index contributed by atoms with van der Waals surface area (Å²) in [6.07, 6.45) is 2.66. The monoisotopic (exact) mass is 495 g/mol. The lowest BCUT2D eigenvalue weighted by Gasteiger charge is -2.30. The Bertz CT molecular complexity index is 1380. The topological polar surface area (TPSA) is 207 Å². The predicted molar refractivity (Wildman–Crippen MR) is 114 cm³/mol. The number of primary sulfonamides is 1. The normalized spacial score (nSPS) is 19.1. The average molecular weight is 496 g/mol. The summed E-state index contributed by atoms with van der Waals surface area (Å²) in [4.78, 5) is 4.89. The van der Waals surface area contributed by atoms with Crippen LogP contribution in [0, 0.1) is 0 Å². The smallest absolute Gasteiger partial charge is 0.242 e. The van der Waals surface area contributed by atoms with Gasteiger partial charge in [-0.15, -0.1) is 10.2 Å². The van der Waals surface area contributed by atoms with Crippen LogP contribution in [-0.2, 0) is 26.6 Å². The standard InChI is InChI=1S/C16H21N11O4S2/c17-32(28,29)14-12(33(30,31)23-10-4-5-18-8-10)3-2-11(13(14)15-21-24-25-22-15)26-6-1-7-27-16(26)19-9-20-27/h2-3,9-10,18,23H,1,4-8H2,(H2,17,28,29)(H,21,22,24,25). The summed E-state index contributed by atoms with van der Waals surface area (Å²) in [7, 11) is -8.81. The van der Waals surface area contributed by atoms with E-state index in [4.69, 9.17) is 5.14 Å². The first kappa shape index (κ1) is 21.8. The van der Waals surface area contributed by atoms with Crippen LogP contribution >= 0.6 is 0 Å². The molecule has 0 saturated carbocycles. The Kier molecular flexibility index (Phi) is 5.36. The van der Waals surface area contributed by atoms with Crippen LogP contribution < -0.4 is 20.1 Å². The Hall–Kier alpha value is -2.99. The highest BCUT2D eigenvalue weighted by atomic mass is 32.2. The molecule has 5 N–H and O–H groups in total. The van der Waals surface area contributed by atoms with Gasteiger partial charge in [-0.3, -0.25) is 0 Å².